The van der Waals surface area contributed by atoms with Gasteiger partial charge in [-0.25, -0.2) is 0 Å². The van der Waals surface area contributed by atoms with E-state index in [1.807, 2.05) is 31.3 Å². The zero-order valence-corrected chi connectivity index (χ0v) is 10.8. The molecule has 96 valence electrons. The zero-order chi connectivity index (χ0) is 13.0. The molecule has 4 heteroatoms. The highest BCUT2D eigenvalue weighted by atomic mass is 16.5. The molecule has 2 rings (SSSR count). The van der Waals surface area contributed by atoms with Crippen LogP contribution in [0.25, 0.3) is 0 Å². The van der Waals surface area contributed by atoms with Crippen molar-refractivity contribution in [1.29, 1.82) is 0 Å². The Morgan fingerprint density at radius 3 is 2.56 bits per heavy atom. The summed E-state index contributed by atoms with van der Waals surface area (Å²) in [6.45, 7) is 0. The number of benzene rings is 1. The second kappa shape index (κ2) is 5.60. The minimum Gasteiger partial charge on any atom is -0.493 e. The molecule has 1 N–H and O–H groups in total. The van der Waals surface area contributed by atoms with Crippen molar-refractivity contribution in [3.05, 3.63) is 47.9 Å². The molecule has 0 spiro atoms. The fourth-order valence-electron chi connectivity index (χ4n) is 2.08. The second-order valence-corrected chi connectivity index (χ2v) is 3.86. The molecule has 0 saturated heterocycles. The summed E-state index contributed by atoms with van der Waals surface area (Å²) in [5.41, 5.74) is 2.06. The quantitative estimate of drug-likeness (QED) is 0.882. The lowest BCUT2D eigenvalue weighted by molar-refractivity contribution is 0.349. The third-order valence-electron chi connectivity index (χ3n) is 2.91. The summed E-state index contributed by atoms with van der Waals surface area (Å²) < 4.78 is 15.9. The number of hydrogen-bond acceptors (Lipinski definition) is 4. The third kappa shape index (κ3) is 2.19. The molecule has 0 bridgehead atoms. The Morgan fingerprint density at radius 2 is 2.00 bits per heavy atom. The first kappa shape index (κ1) is 12.5. The Bertz CT molecular complexity index is 494. The first-order valence-corrected chi connectivity index (χ1v) is 5.72. The average molecular weight is 247 g/mol. The van der Waals surface area contributed by atoms with E-state index in [0.717, 1.165) is 22.6 Å². The molecule has 0 fully saturated rings. The van der Waals surface area contributed by atoms with Crippen molar-refractivity contribution in [2.45, 2.75) is 6.04 Å². The van der Waals surface area contributed by atoms with Gasteiger partial charge < -0.3 is 19.2 Å². The summed E-state index contributed by atoms with van der Waals surface area (Å²) in [6.07, 6.45) is 3.38. The minimum absolute atomic E-state index is 0.00815. The fourth-order valence-corrected chi connectivity index (χ4v) is 2.08. The maximum atomic E-state index is 5.45. The SMILES string of the molecule is CNC(c1ccoc1)c1cccc(OC)c1OC. The van der Waals surface area contributed by atoms with E-state index in [4.69, 9.17) is 13.9 Å². The van der Waals surface area contributed by atoms with Gasteiger partial charge in [-0.05, 0) is 19.2 Å². The van der Waals surface area contributed by atoms with Gasteiger partial charge in [0.05, 0.1) is 32.8 Å². The summed E-state index contributed by atoms with van der Waals surface area (Å²) in [4.78, 5) is 0. The molecule has 2 aromatic rings. The smallest absolute Gasteiger partial charge is 0.165 e. The Labute approximate surface area is 107 Å². The highest BCUT2D eigenvalue weighted by Crippen LogP contribution is 2.36. The van der Waals surface area contributed by atoms with E-state index in [1.54, 1.807) is 26.7 Å². The first-order chi connectivity index (χ1) is 8.81. The predicted octanol–water partition coefficient (Wildman–Crippen LogP) is 2.61. The molecule has 0 aliphatic heterocycles. The van der Waals surface area contributed by atoms with Crippen LogP contribution in [0.15, 0.2) is 41.2 Å². The van der Waals surface area contributed by atoms with E-state index in [-0.39, 0.29) is 6.04 Å². The van der Waals surface area contributed by atoms with Gasteiger partial charge in [-0.3, -0.25) is 0 Å². The van der Waals surface area contributed by atoms with Crippen LogP contribution in [0.3, 0.4) is 0 Å². The Balaban J connectivity index is 2.48. The van der Waals surface area contributed by atoms with Crippen LogP contribution in [0.4, 0.5) is 0 Å². The third-order valence-corrected chi connectivity index (χ3v) is 2.91. The van der Waals surface area contributed by atoms with Crippen LogP contribution in [-0.2, 0) is 0 Å². The van der Waals surface area contributed by atoms with Gasteiger partial charge in [0.2, 0.25) is 0 Å². The molecule has 1 unspecified atom stereocenters. The van der Waals surface area contributed by atoms with E-state index in [2.05, 4.69) is 5.32 Å². The molecule has 0 aliphatic rings. The Kier molecular flexibility index (Phi) is 3.89. The normalized spacial score (nSPS) is 12.2. The molecule has 0 radical (unpaired) electrons. The molecule has 1 atom stereocenters. The van der Waals surface area contributed by atoms with Gasteiger partial charge in [0.15, 0.2) is 11.5 Å². The van der Waals surface area contributed by atoms with Crippen LogP contribution in [0.5, 0.6) is 11.5 Å². The number of ether oxygens (including phenoxy) is 2. The summed E-state index contributed by atoms with van der Waals surface area (Å²) in [7, 11) is 5.17. The standard InChI is InChI=1S/C14H17NO3/c1-15-13(10-7-8-18-9-10)11-5-4-6-12(16-2)14(11)17-3/h4-9,13,15H,1-3H3. The van der Waals surface area contributed by atoms with Gasteiger partial charge in [-0.2, -0.15) is 0 Å². The molecule has 1 heterocycles. The van der Waals surface area contributed by atoms with Crippen LogP contribution in [0, 0.1) is 0 Å². The lowest BCUT2D eigenvalue weighted by atomic mass is 10.00. The van der Waals surface area contributed by atoms with Crippen LogP contribution in [0.2, 0.25) is 0 Å². The lowest BCUT2D eigenvalue weighted by Gasteiger charge is -2.19. The number of rotatable bonds is 5. The van der Waals surface area contributed by atoms with Gasteiger partial charge in [0, 0.05) is 11.1 Å². The molecule has 0 saturated carbocycles. The summed E-state index contributed by atoms with van der Waals surface area (Å²) in [5, 5.41) is 3.25. The molecular weight excluding hydrogens is 230 g/mol. The summed E-state index contributed by atoms with van der Waals surface area (Å²) in [6, 6.07) is 7.77. The Morgan fingerprint density at radius 1 is 1.17 bits per heavy atom. The van der Waals surface area contributed by atoms with Crippen LogP contribution in [0.1, 0.15) is 17.2 Å². The first-order valence-electron chi connectivity index (χ1n) is 5.72. The van der Waals surface area contributed by atoms with Gasteiger partial charge in [0.1, 0.15) is 0 Å². The van der Waals surface area contributed by atoms with Crippen LogP contribution >= 0.6 is 0 Å². The van der Waals surface area contributed by atoms with E-state index in [0.29, 0.717) is 0 Å². The number of hydrogen-bond donors (Lipinski definition) is 1. The van der Waals surface area contributed by atoms with Gasteiger partial charge >= 0.3 is 0 Å². The summed E-state index contributed by atoms with van der Waals surface area (Å²) >= 11 is 0. The molecule has 0 aliphatic carbocycles. The predicted molar refractivity (Wildman–Crippen MR) is 69.2 cm³/mol. The molecule has 18 heavy (non-hydrogen) atoms. The highest BCUT2D eigenvalue weighted by molar-refractivity contribution is 5.50. The van der Waals surface area contributed by atoms with Gasteiger partial charge in [0.25, 0.3) is 0 Å². The second-order valence-electron chi connectivity index (χ2n) is 3.86. The number of furan rings is 1. The maximum Gasteiger partial charge on any atom is 0.165 e. The molecule has 1 aromatic heterocycles. The zero-order valence-electron chi connectivity index (χ0n) is 10.8. The topological polar surface area (TPSA) is 43.6 Å². The van der Waals surface area contributed by atoms with Crippen molar-refractivity contribution < 1.29 is 13.9 Å². The Hall–Kier alpha value is -1.94. The maximum absolute atomic E-state index is 5.45. The van der Waals surface area contributed by atoms with Crippen molar-refractivity contribution in [2.75, 3.05) is 21.3 Å². The van der Waals surface area contributed by atoms with E-state index < -0.39 is 0 Å². The van der Waals surface area contributed by atoms with Crippen molar-refractivity contribution in [2.24, 2.45) is 0 Å². The number of para-hydroxylation sites is 1. The van der Waals surface area contributed by atoms with Gasteiger partial charge in [-0.1, -0.05) is 12.1 Å². The molecule has 4 nitrogen and oxygen atoms in total. The highest BCUT2D eigenvalue weighted by Gasteiger charge is 2.20. The minimum atomic E-state index is 0.00815. The monoisotopic (exact) mass is 247 g/mol. The van der Waals surface area contributed by atoms with Crippen molar-refractivity contribution in [3.8, 4) is 11.5 Å². The lowest BCUT2D eigenvalue weighted by Crippen LogP contribution is -2.18. The number of methoxy groups -OCH3 is 2. The van der Waals surface area contributed by atoms with E-state index >= 15 is 0 Å². The van der Waals surface area contributed by atoms with Crippen molar-refractivity contribution in [3.63, 3.8) is 0 Å². The largest absolute Gasteiger partial charge is 0.493 e. The molecular formula is C14H17NO3. The molecule has 0 amide bonds. The van der Waals surface area contributed by atoms with Crippen molar-refractivity contribution in [1.82, 2.24) is 5.32 Å². The fraction of sp³-hybridized carbons (Fsp3) is 0.286. The van der Waals surface area contributed by atoms with Crippen LogP contribution < -0.4 is 14.8 Å². The molecule has 1 aromatic carbocycles. The van der Waals surface area contributed by atoms with Crippen LogP contribution in [-0.4, -0.2) is 21.3 Å². The number of nitrogens with one attached hydrogen (secondary N) is 1. The van der Waals surface area contributed by atoms with E-state index in [1.165, 1.54) is 0 Å². The summed E-state index contributed by atoms with van der Waals surface area (Å²) in [5.74, 6) is 1.46. The van der Waals surface area contributed by atoms with E-state index in [9.17, 15) is 0 Å². The van der Waals surface area contributed by atoms with Crippen molar-refractivity contribution >= 4 is 0 Å². The van der Waals surface area contributed by atoms with Gasteiger partial charge in [-0.15, -0.1) is 0 Å². The average Bonchev–Trinajstić information content (AvgIpc) is 2.93.